The van der Waals surface area contributed by atoms with Gasteiger partial charge in [0.25, 0.3) is 5.91 Å². The van der Waals surface area contributed by atoms with Gasteiger partial charge < -0.3 is 4.98 Å². The van der Waals surface area contributed by atoms with Gasteiger partial charge in [-0.25, -0.2) is 4.99 Å². The van der Waals surface area contributed by atoms with Crippen LogP contribution in [0, 0.1) is 0 Å². The van der Waals surface area contributed by atoms with E-state index in [1.807, 2.05) is 30.3 Å². The van der Waals surface area contributed by atoms with E-state index in [2.05, 4.69) is 38.0 Å². The van der Waals surface area contributed by atoms with Gasteiger partial charge in [0, 0.05) is 22.7 Å². The first kappa shape index (κ1) is 11.6. The lowest BCUT2D eigenvalue weighted by Crippen LogP contribution is -1.93. The van der Waals surface area contributed by atoms with Crippen LogP contribution in [0.1, 0.15) is 15.9 Å². The molecule has 1 aliphatic rings. The van der Waals surface area contributed by atoms with Crippen molar-refractivity contribution in [1.82, 2.24) is 4.98 Å². The molecule has 0 saturated carbocycles. The number of aromatic amines is 1. The van der Waals surface area contributed by atoms with E-state index in [4.69, 9.17) is 0 Å². The number of fused-ring (bicyclic) bond motifs is 3. The van der Waals surface area contributed by atoms with E-state index < -0.39 is 0 Å². The summed E-state index contributed by atoms with van der Waals surface area (Å²) < 4.78 is 0.881. The second-order valence-electron chi connectivity index (χ2n) is 4.70. The van der Waals surface area contributed by atoms with E-state index in [-0.39, 0.29) is 5.91 Å². The van der Waals surface area contributed by atoms with Gasteiger partial charge in [0.15, 0.2) is 0 Å². The van der Waals surface area contributed by atoms with Gasteiger partial charge in [-0.3, -0.25) is 4.79 Å². The fourth-order valence-electron chi connectivity index (χ4n) is 2.67. The van der Waals surface area contributed by atoms with Crippen molar-refractivity contribution in [3.63, 3.8) is 0 Å². The third-order valence-corrected chi connectivity index (χ3v) is 4.15. The largest absolute Gasteiger partial charge is 0.348 e. The Morgan fingerprint density at radius 2 is 1.80 bits per heavy atom. The molecule has 2 heterocycles. The molecular formula is C16H9BrN2O. The van der Waals surface area contributed by atoms with Crippen LogP contribution in [-0.4, -0.2) is 17.1 Å². The molecule has 3 aromatic rings. The zero-order valence-corrected chi connectivity index (χ0v) is 11.9. The van der Waals surface area contributed by atoms with Crippen LogP contribution in [0.15, 0.2) is 52.1 Å². The molecule has 20 heavy (non-hydrogen) atoms. The lowest BCUT2D eigenvalue weighted by molar-refractivity contribution is 0.101. The Kier molecular flexibility index (Phi) is 2.41. The van der Waals surface area contributed by atoms with Crippen LogP contribution in [0.3, 0.4) is 0 Å². The van der Waals surface area contributed by atoms with Gasteiger partial charge >= 0.3 is 0 Å². The van der Waals surface area contributed by atoms with Crippen molar-refractivity contribution >= 4 is 39.0 Å². The number of rotatable bonds is 1. The Balaban J connectivity index is 2.08. The first-order valence-corrected chi connectivity index (χ1v) is 7.03. The normalized spacial score (nSPS) is 13.2. The number of aromatic nitrogens is 1. The molecule has 0 radical (unpaired) electrons. The fraction of sp³-hybridized carbons (Fsp3) is 0. The van der Waals surface area contributed by atoms with Crippen molar-refractivity contribution in [2.24, 2.45) is 4.99 Å². The van der Waals surface area contributed by atoms with Crippen LogP contribution in [0.5, 0.6) is 0 Å². The predicted octanol–water partition coefficient (Wildman–Crippen LogP) is 4.17. The molecule has 96 valence electrons. The molecular weight excluding hydrogens is 316 g/mol. The molecule has 1 aromatic heterocycles. The maximum atomic E-state index is 11.9. The van der Waals surface area contributed by atoms with E-state index >= 15 is 0 Å². The molecule has 0 spiro atoms. The summed E-state index contributed by atoms with van der Waals surface area (Å²) in [5, 5.41) is 1.03. The number of amides is 1. The Hall–Kier alpha value is -2.20. The second-order valence-corrected chi connectivity index (χ2v) is 5.49. The topological polar surface area (TPSA) is 45.2 Å². The van der Waals surface area contributed by atoms with E-state index in [1.54, 1.807) is 6.21 Å². The van der Waals surface area contributed by atoms with Crippen molar-refractivity contribution in [2.45, 2.75) is 0 Å². The van der Waals surface area contributed by atoms with Gasteiger partial charge in [-0.2, -0.15) is 0 Å². The predicted molar refractivity (Wildman–Crippen MR) is 83.4 cm³/mol. The first-order chi connectivity index (χ1) is 9.75. The monoisotopic (exact) mass is 324 g/mol. The fourth-order valence-corrected chi connectivity index (χ4v) is 3.31. The summed E-state index contributed by atoms with van der Waals surface area (Å²) in [5.41, 5.74) is 4.55. The molecule has 3 nitrogen and oxygen atoms in total. The van der Waals surface area contributed by atoms with Crippen LogP contribution in [0.25, 0.3) is 22.0 Å². The lowest BCUT2D eigenvalue weighted by atomic mass is 10.0. The van der Waals surface area contributed by atoms with E-state index in [0.29, 0.717) is 5.56 Å². The van der Waals surface area contributed by atoms with Gasteiger partial charge in [-0.1, -0.05) is 42.5 Å². The summed E-state index contributed by atoms with van der Waals surface area (Å²) in [6.07, 6.45) is 1.62. The van der Waals surface area contributed by atoms with Gasteiger partial charge in [0.2, 0.25) is 0 Å². The Labute approximate surface area is 123 Å². The summed E-state index contributed by atoms with van der Waals surface area (Å²) in [6.45, 7) is 0. The minimum Gasteiger partial charge on any atom is -0.348 e. The van der Waals surface area contributed by atoms with Crippen molar-refractivity contribution in [1.29, 1.82) is 0 Å². The molecule has 1 aliphatic heterocycles. The zero-order chi connectivity index (χ0) is 13.7. The van der Waals surface area contributed by atoms with Gasteiger partial charge in [0.05, 0.1) is 15.7 Å². The third-order valence-electron chi connectivity index (χ3n) is 3.56. The zero-order valence-electron chi connectivity index (χ0n) is 10.4. The number of nitrogens with one attached hydrogen (secondary N) is 1. The number of hydrogen-bond donors (Lipinski definition) is 1. The Bertz CT molecular complexity index is 878. The maximum absolute atomic E-state index is 11.9. The number of H-pyrrole nitrogens is 1. The first-order valence-electron chi connectivity index (χ1n) is 6.23. The van der Waals surface area contributed by atoms with Crippen LogP contribution in [0.2, 0.25) is 0 Å². The average Bonchev–Trinajstić information content (AvgIpc) is 2.99. The number of aliphatic imine (C=N–C) groups is 1. The molecule has 0 bridgehead atoms. The average molecular weight is 325 g/mol. The van der Waals surface area contributed by atoms with E-state index in [9.17, 15) is 4.79 Å². The molecule has 0 atom stereocenters. The Morgan fingerprint density at radius 1 is 1.00 bits per heavy atom. The summed E-state index contributed by atoms with van der Waals surface area (Å²) >= 11 is 3.57. The highest BCUT2D eigenvalue weighted by atomic mass is 79.9. The summed E-state index contributed by atoms with van der Waals surface area (Å²) in [7, 11) is 0. The third kappa shape index (κ3) is 1.51. The molecule has 1 N–H and O–H groups in total. The van der Waals surface area contributed by atoms with Gasteiger partial charge in [-0.15, -0.1) is 0 Å². The highest BCUT2D eigenvalue weighted by Crippen LogP contribution is 2.38. The summed E-state index contributed by atoms with van der Waals surface area (Å²) in [4.78, 5) is 19.0. The van der Waals surface area contributed by atoms with Gasteiger partial charge in [-0.05, 0) is 21.5 Å². The number of halogens is 1. The second kappa shape index (κ2) is 4.15. The standard InChI is InChI=1S/C16H9BrN2O/c17-15-12(9-4-2-1-3-5-9)11-7-6-10-8-18-16(20)13(10)14(11)19-15/h1-8,19H. The molecule has 4 rings (SSSR count). The van der Waals surface area contributed by atoms with Crippen molar-refractivity contribution in [3.8, 4) is 11.1 Å². The molecule has 0 aliphatic carbocycles. The quantitative estimate of drug-likeness (QED) is 0.717. The molecule has 0 saturated heterocycles. The molecule has 0 fully saturated rings. The van der Waals surface area contributed by atoms with Crippen molar-refractivity contribution < 1.29 is 4.79 Å². The summed E-state index contributed by atoms with van der Waals surface area (Å²) in [5.74, 6) is -0.182. The number of carbonyl (C=O) groups is 1. The number of nitrogens with zero attached hydrogens (tertiary/aromatic N) is 1. The smallest absolute Gasteiger partial charge is 0.279 e. The minimum atomic E-state index is -0.182. The molecule has 2 aromatic carbocycles. The molecule has 1 amide bonds. The van der Waals surface area contributed by atoms with Crippen LogP contribution >= 0.6 is 15.9 Å². The highest BCUT2D eigenvalue weighted by molar-refractivity contribution is 9.10. The molecule has 4 heteroatoms. The van der Waals surface area contributed by atoms with E-state index in [1.165, 1.54) is 0 Å². The van der Waals surface area contributed by atoms with Crippen LogP contribution in [-0.2, 0) is 0 Å². The van der Waals surface area contributed by atoms with E-state index in [0.717, 1.165) is 32.2 Å². The molecule has 0 unspecified atom stereocenters. The summed E-state index contributed by atoms with van der Waals surface area (Å²) in [6, 6.07) is 14.1. The lowest BCUT2D eigenvalue weighted by Gasteiger charge is -2.02. The van der Waals surface area contributed by atoms with Crippen molar-refractivity contribution in [3.05, 3.63) is 58.2 Å². The Morgan fingerprint density at radius 3 is 2.60 bits per heavy atom. The van der Waals surface area contributed by atoms with Gasteiger partial charge in [0.1, 0.15) is 0 Å². The number of hydrogen-bond acceptors (Lipinski definition) is 1. The number of benzene rings is 2. The maximum Gasteiger partial charge on any atom is 0.279 e. The minimum absolute atomic E-state index is 0.182. The van der Waals surface area contributed by atoms with Crippen LogP contribution in [0.4, 0.5) is 0 Å². The van der Waals surface area contributed by atoms with Crippen molar-refractivity contribution in [2.75, 3.05) is 0 Å². The number of carbonyl (C=O) groups excluding carboxylic acids is 1. The highest BCUT2D eigenvalue weighted by Gasteiger charge is 2.22. The van der Waals surface area contributed by atoms with Crippen LogP contribution < -0.4 is 0 Å². The SMILES string of the molecule is O=C1N=Cc2ccc3c(-c4ccccc4)c(Br)[nH]c3c21.